The van der Waals surface area contributed by atoms with Crippen molar-refractivity contribution in [1.82, 2.24) is 24.6 Å². The van der Waals surface area contributed by atoms with E-state index in [-0.39, 0.29) is 11.8 Å². The maximum Gasteiger partial charge on any atom is 0.245 e. The van der Waals surface area contributed by atoms with Crippen molar-refractivity contribution in [3.8, 4) is 10.7 Å². The molecule has 0 spiro atoms. The summed E-state index contributed by atoms with van der Waals surface area (Å²) in [5.41, 5.74) is 1.51. The molecular weight excluding hydrogens is 454 g/mol. The predicted octanol–water partition coefficient (Wildman–Crippen LogP) is 5.43. The number of benzene rings is 1. The van der Waals surface area contributed by atoms with Crippen LogP contribution in [0.25, 0.3) is 21.8 Å². The number of oxazole rings is 1. The van der Waals surface area contributed by atoms with E-state index in [9.17, 15) is 4.79 Å². The molecule has 1 amide bonds. The van der Waals surface area contributed by atoms with Crippen LogP contribution in [-0.4, -0.2) is 43.6 Å². The number of amides is 1. The summed E-state index contributed by atoms with van der Waals surface area (Å²) in [7, 11) is 0. The first-order chi connectivity index (χ1) is 15.0. The van der Waals surface area contributed by atoms with Crippen LogP contribution in [0.2, 0.25) is 5.02 Å². The molecule has 7 nitrogen and oxygen atoms in total. The second kappa shape index (κ2) is 8.22. The molecule has 1 atom stereocenters. The number of carbonyl (C=O) groups is 1. The molecular formula is C21H20ClN5O2S2. The summed E-state index contributed by atoms with van der Waals surface area (Å²) in [6.07, 6.45) is 1.60. The Labute approximate surface area is 192 Å². The molecule has 10 heteroatoms. The molecule has 160 valence electrons. The third-order valence-corrected chi connectivity index (χ3v) is 7.10. The number of nitrogens with one attached hydrogen (secondary N) is 1. The molecule has 3 aromatic heterocycles. The van der Waals surface area contributed by atoms with E-state index in [0.29, 0.717) is 28.7 Å². The van der Waals surface area contributed by atoms with Crippen LogP contribution >= 0.6 is 35.2 Å². The number of carbonyl (C=O) groups excluding carboxylic acids is 1. The van der Waals surface area contributed by atoms with Crippen molar-refractivity contribution < 1.29 is 9.21 Å². The number of likely N-dealkylation sites (tertiary alicyclic amines) is 1. The average molecular weight is 474 g/mol. The number of hydrogen-bond donors (Lipinski definition) is 1. The highest BCUT2D eigenvalue weighted by Crippen LogP contribution is 2.32. The van der Waals surface area contributed by atoms with Gasteiger partial charge >= 0.3 is 0 Å². The Balaban J connectivity index is 1.30. The van der Waals surface area contributed by atoms with Gasteiger partial charge in [-0.05, 0) is 61.6 Å². The number of piperidine rings is 1. The summed E-state index contributed by atoms with van der Waals surface area (Å²) in [5.74, 6) is 1.64. The van der Waals surface area contributed by atoms with Crippen LogP contribution < -0.4 is 0 Å². The van der Waals surface area contributed by atoms with Gasteiger partial charge < -0.3 is 9.32 Å². The fourth-order valence-electron chi connectivity index (χ4n) is 4.06. The molecule has 1 aliphatic rings. The molecule has 1 N–H and O–H groups in total. The molecule has 0 aliphatic carbocycles. The molecule has 1 aromatic carbocycles. The van der Waals surface area contributed by atoms with Crippen LogP contribution in [0.1, 0.15) is 37.6 Å². The SMILES string of the molecule is CC(C(=O)N1CCC(c2nc3cc(Cl)ccc3o2)CC1)n1c(-c2cccs2)n[nH]c1=S. The number of thiophene rings is 1. The summed E-state index contributed by atoms with van der Waals surface area (Å²) >= 11 is 13.0. The van der Waals surface area contributed by atoms with E-state index in [1.54, 1.807) is 22.0 Å². The van der Waals surface area contributed by atoms with Crippen molar-refractivity contribution in [3.63, 3.8) is 0 Å². The number of halogens is 1. The van der Waals surface area contributed by atoms with E-state index >= 15 is 0 Å². The first-order valence-electron chi connectivity index (χ1n) is 10.1. The first kappa shape index (κ1) is 20.4. The Morgan fingerprint density at radius 2 is 2.16 bits per heavy atom. The highest BCUT2D eigenvalue weighted by molar-refractivity contribution is 7.71. The van der Waals surface area contributed by atoms with Gasteiger partial charge in [0.15, 0.2) is 22.1 Å². The minimum Gasteiger partial charge on any atom is -0.440 e. The zero-order chi connectivity index (χ0) is 21.5. The van der Waals surface area contributed by atoms with E-state index in [0.717, 1.165) is 34.7 Å². The second-order valence-corrected chi connectivity index (χ2v) is 9.41. The van der Waals surface area contributed by atoms with Crippen LogP contribution in [0.15, 0.2) is 40.1 Å². The zero-order valence-electron chi connectivity index (χ0n) is 16.7. The smallest absolute Gasteiger partial charge is 0.245 e. The topological polar surface area (TPSA) is 79.9 Å². The number of fused-ring (bicyclic) bond motifs is 1. The summed E-state index contributed by atoms with van der Waals surface area (Å²) in [4.78, 5) is 20.7. The Morgan fingerprint density at radius 3 is 2.90 bits per heavy atom. The fraction of sp³-hybridized carbons (Fsp3) is 0.333. The van der Waals surface area contributed by atoms with Gasteiger partial charge in [-0.1, -0.05) is 17.7 Å². The fourth-order valence-corrected chi connectivity index (χ4v) is 5.22. The summed E-state index contributed by atoms with van der Waals surface area (Å²) in [6, 6.07) is 8.94. The third-order valence-electron chi connectivity index (χ3n) is 5.71. The Kier molecular flexibility index (Phi) is 5.41. The monoisotopic (exact) mass is 473 g/mol. The molecule has 5 rings (SSSR count). The molecule has 4 heterocycles. The van der Waals surface area contributed by atoms with Gasteiger partial charge in [-0.15, -0.1) is 11.3 Å². The molecule has 1 fully saturated rings. The van der Waals surface area contributed by atoms with Gasteiger partial charge in [0, 0.05) is 24.0 Å². The lowest BCUT2D eigenvalue weighted by molar-refractivity contribution is -0.135. The lowest BCUT2D eigenvalue weighted by Crippen LogP contribution is -2.41. The van der Waals surface area contributed by atoms with Crippen molar-refractivity contribution in [1.29, 1.82) is 0 Å². The van der Waals surface area contributed by atoms with Crippen LogP contribution in [0.4, 0.5) is 0 Å². The van der Waals surface area contributed by atoms with Gasteiger partial charge in [0.05, 0.1) is 4.88 Å². The summed E-state index contributed by atoms with van der Waals surface area (Å²) < 4.78 is 8.19. The average Bonchev–Trinajstić information content (AvgIpc) is 3.52. The maximum atomic E-state index is 13.3. The van der Waals surface area contributed by atoms with Crippen molar-refractivity contribution in [3.05, 3.63) is 51.4 Å². The molecule has 1 aliphatic heterocycles. The number of nitrogens with zero attached hydrogens (tertiary/aromatic N) is 4. The van der Waals surface area contributed by atoms with Crippen LogP contribution in [0.5, 0.6) is 0 Å². The number of aromatic amines is 1. The standard InChI is InChI=1S/C21H20ClN5O2S2/c1-12(27-18(24-25-21(27)30)17-3-2-10-31-17)20(28)26-8-6-13(7-9-26)19-23-15-11-14(22)4-5-16(15)29-19/h2-5,10-13H,6-9H2,1H3,(H,25,30). The number of hydrogen-bond acceptors (Lipinski definition) is 6. The number of aromatic nitrogens is 4. The Bertz CT molecular complexity index is 1280. The van der Waals surface area contributed by atoms with Crippen LogP contribution in [-0.2, 0) is 4.79 Å². The highest BCUT2D eigenvalue weighted by Gasteiger charge is 2.31. The molecule has 31 heavy (non-hydrogen) atoms. The molecule has 1 unspecified atom stereocenters. The summed E-state index contributed by atoms with van der Waals surface area (Å²) in [6.45, 7) is 3.17. The quantitative estimate of drug-likeness (QED) is 0.400. The Hall–Kier alpha value is -2.49. The minimum atomic E-state index is -0.439. The van der Waals surface area contributed by atoms with Gasteiger partial charge in [0.25, 0.3) is 0 Å². The largest absolute Gasteiger partial charge is 0.440 e. The first-order valence-corrected chi connectivity index (χ1v) is 11.7. The van der Waals surface area contributed by atoms with E-state index < -0.39 is 6.04 Å². The molecule has 0 saturated carbocycles. The van der Waals surface area contributed by atoms with Gasteiger partial charge in [0.1, 0.15) is 11.6 Å². The lowest BCUT2D eigenvalue weighted by atomic mass is 9.96. The van der Waals surface area contributed by atoms with E-state index in [1.807, 2.05) is 41.5 Å². The van der Waals surface area contributed by atoms with Crippen LogP contribution in [0.3, 0.4) is 0 Å². The van der Waals surface area contributed by atoms with Crippen LogP contribution in [0, 0.1) is 4.77 Å². The summed E-state index contributed by atoms with van der Waals surface area (Å²) in [5, 5.41) is 9.79. The number of H-pyrrole nitrogens is 1. The van der Waals surface area contributed by atoms with E-state index in [1.165, 1.54) is 0 Å². The van der Waals surface area contributed by atoms with Crippen molar-refractivity contribution in [2.45, 2.75) is 31.7 Å². The molecule has 4 aromatic rings. The normalized spacial score (nSPS) is 16.1. The minimum absolute atomic E-state index is 0.0399. The van der Waals surface area contributed by atoms with Crippen molar-refractivity contribution >= 4 is 52.2 Å². The van der Waals surface area contributed by atoms with Gasteiger partial charge in [-0.25, -0.2) is 4.98 Å². The Morgan fingerprint density at radius 1 is 1.35 bits per heavy atom. The van der Waals surface area contributed by atoms with Gasteiger partial charge in [-0.2, -0.15) is 5.10 Å². The van der Waals surface area contributed by atoms with E-state index in [4.69, 9.17) is 28.2 Å². The van der Waals surface area contributed by atoms with E-state index in [2.05, 4.69) is 15.2 Å². The maximum absolute atomic E-state index is 13.3. The third kappa shape index (κ3) is 3.81. The highest BCUT2D eigenvalue weighted by atomic mass is 35.5. The molecule has 0 bridgehead atoms. The second-order valence-electron chi connectivity index (χ2n) is 7.64. The predicted molar refractivity (Wildman–Crippen MR) is 123 cm³/mol. The molecule has 1 saturated heterocycles. The molecule has 0 radical (unpaired) electrons. The van der Waals surface area contributed by atoms with Crippen molar-refractivity contribution in [2.24, 2.45) is 0 Å². The van der Waals surface area contributed by atoms with Crippen molar-refractivity contribution in [2.75, 3.05) is 13.1 Å². The van der Waals surface area contributed by atoms with Gasteiger partial charge in [0.2, 0.25) is 5.91 Å². The zero-order valence-corrected chi connectivity index (χ0v) is 19.1. The lowest BCUT2D eigenvalue weighted by Gasteiger charge is -2.32. The number of rotatable bonds is 4. The van der Waals surface area contributed by atoms with Gasteiger partial charge in [-0.3, -0.25) is 14.5 Å².